The van der Waals surface area contributed by atoms with E-state index in [4.69, 9.17) is 21.1 Å². The minimum Gasteiger partial charge on any atom is -0.508 e. The highest BCUT2D eigenvalue weighted by Crippen LogP contribution is 2.28. The molecule has 2 amide bonds. The quantitative estimate of drug-likeness (QED) is 0.616. The predicted molar refractivity (Wildman–Crippen MR) is 107 cm³/mol. The van der Waals surface area contributed by atoms with Gasteiger partial charge in [-0.3, -0.25) is 0 Å². The zero-order chi connectivity index (χ0) is 19.6. The molecule has 2 aromatic rings. The van der Waals surface area contributed by atoms with Crippen LogP contribution < -0.4 is 10.1 Å². The van der Waals surface area contributed by atoms with E-state index in [9.17, 15) is 9.90 Å². The average molecular weight is 393 g/mol. The normalized spacial score (nSPS) is 10.5. The molecule has 0 atom stereocenters. The van der Waals surface area contributed by atoms with Gasteiger partial charge < -0.3 is 24.8 Å². The molecule has 0 bridgehead atoms. The van der Waals surface area contributed by atoms with E-state index < -0.39 is 0 Å². The van der Waals surface area contributed by atoms with Gasteiger partial charge in [-0.15, -0.1) is 0 Å². The summed E-state index contributed by atoms with van der Waals surface area (Å²) < 4.78 is 10.4. The Labute approximate surface area is 164 Å². The number of halogens is 1. The van der Waals surface area contributed by atoms with Crippen LogP contribution in [0.25, 0.3) is 0 Å². The van der Waals surface area contributed by atoms with Gasteiger partial charge in [0.05, 0.1) is 18.2 Å². The summed E-state index contributed by atoms with van der Waals surface area (Å²) in [6, 6.07) is 11.8. The van der Waals surface area contributed by atoms with Gasteiger partial charge in [0.15, 0.2) is 0 Å². The van der Waals surface area contributed by atoms with Crippen molar-refractivity contribution in [2.45, 2.75) is 19.9 Å². The van der Waals surface area contributed by atoms with Gasteiger partial charge in [-0.2, -0.15) is 0 Å². The van der Waals surface area contributed by atoms with Gasteiger partial charge in [-0.25, -0.2) is 4.79 Å². The first-order valence-corrected chi connectivity index (χ1v) is 9.17. The molecule has 0 saturated carbocycles. The Hall–Kier alpha value is -2.44. The highest BCUT2D eigenvalue weighted by molar-refractivity contribution is 6.32. The number of para-hydroxylation sites is 1. The zero-order valence-electron chi connectivity index (χ0n) is 15.6. The second-order valence-corrected chi connectivity index (χ2v) is 6.37. The number of urea groups is 1. The topological polar surface area (TPSA) is 71.0 Å². The van der Waals surface area contributed by atoms with Crippen LogP contribution in [-0.4, -0.2) is 42.9 Å². The van der Waals surface area contributed by atoms with Crippen LogP contribution in [0.3, 0.4) is 0 Å². The van der Waals surface area contributed by atoms with E-state index in [1.54, 1.807) is 48.4 Å². The number of anilines is 1. The number of hydrogen-bond donors (Lipinski definition) is 2. The van der Waals surface area contributed by atoms with Crippen LogP contribution in [0.2, 0.25) is 5.02 Å². The first kappa shape index (κ1) is 20.9. The number of carbonyl (C=O) groups is 1. The number of benzene rings is 2. The van der Waals surface area contributed by atoms with E-state index in [1.165, 1.54) is 0 Å². The lowest BCUT2D eigenvalue weighted by molar-refractivity contribution is 0.146. The Morgan fingerprint density at radius 3 is 2.67 bits per heavy atom. The second-order valence-electron chi connectivity index (χ2n) is 5.97. The molecule has 0 saturated heterocycles. The molecule has 7 heteroatoms. The number of rotatable bonds is 9. The molecular formula is C20H25ClN2O4. The molecule has 0 aliphatic carbocycles. The van der Waals surface area contributed by atoms with E-state index in [1.807, 2.05) is 13.0 Å². The van der Waals surface area contributed by atoms with E-state index >= 15 is 0 Å². The van der Waals surface area contributed by atoms with Crippen LogP contribution in [0.5, 0.6) is 11.5 Å². The summed E-state index contributed by atoms with van der Waals surface area (Å²) in [4.78, 5) is 14.3. The minimum absolute atomic E-state index is 0.173. The summed E-state index contributed by atoms with van der Waals surface area (Å²) in [6.07, 6.45) is 0.800. The van der Waals surface area contributed by atoms with Crippen molar-refractivity contribution in [3.05, 3.63) is 53.1 Å². The number of amides is 2. The van der Waals surface area contributed by atoms with E-state index in [2.05, 4.69) is 5.32 Å². The van der Waals surface area contributed by atoms with Crippen molar-refractivity contribution in [1.29, 1.82) is 0 Å². The molecule has 0 unspecified atom stereocenters. The molecular weight excluding hydrogens is 368 g/mol. The van der Waals surface area contributed by atoms with Gasteiger partial charge in [0.1, 0.15) is 18.1 Å². The van der Waals surface area contributed by atoms with Crippen LogP contribution in [0.1, 0.15) is 18.9 Å². The number of nitrogens with one attached hydrogen (secondary N) is 1. The SMILES string of the molecule is CCCN(Cc1ccccc1O)C(=O)Nc1ccc(OCCOC)c(Cl)c1. The van der Waals surface area contributed by atoms with E-state index in [-0.39, 0.29) is 11.8 Å². The lowest BCUT2D eigenvalue weighted by Gasteiger charge is -2.23. The van der Waals surface area contributed by atoms with Crippen molar-refractivity contribution in [3.8, 4) is 11.5 Å². The number of nitrogens with zero attached hydrogens (tertiary/aromatic N) is 1. The molecule has 0 heterocycles. The van der Waals surface area contributed by atoms with Gasteiger partial charge >= 0.3 is 6.03 Å². The summed E-state index contributed by atoms with van der Waals surface area (Å²) in [5.74, 6) is 0.707. The van der Waals surface area contributed by atoms with Gasteiger partial charge in [0.25, 0.3) is 0 Å². The van der Waals surface area contributed by atoms with Gasteiger partial charge in [0, 0.05) is 24.9 Å². The first-order valence-electron chi connectivity index (χ1n) is 8.79. The fourth-order valence-electron chi connectivity index (χ4n) is 2.51. The predicted octanol–water partition coefficient (Wildman–Crippen LogP) is 4.51. The Kier molecular flexibility index (Phi) is 8.23. The smallest absolute Gasteiger partial charge is 0.322 e. The number of aromatic hydroxyl groups is 1. The molecule has 0 fully saturated rings. The summed E-state index contributed by atoms with van der Waals surface area (Å²) in [5.41, 5.74) is 1.27. The third-order valence-electron chi connectivity index (χ3n) is 3.86. The van der Waals surface area contributed by atoms with Crippen molar-refractivity contribution in [2.75, 3.05) is 32.2 Å². The summed E-state index contributed by atoms with van der Waals surface area (Å²) >= 11 is 6.22. The highest BCUT2D eigenvalue weighted by Gasteiger charge is 2.15. The highest BCUT2D eigenvalue weighted by atomic mass is 35.5. The molecule has 0 radical (unpaired) electrons. The fraction of sp³-hybridized carbons (Fsp3) is 0.350. The van der Waals surface area contributed by atoms with Crippen molar-refractivity contribution >= 4 is 23.3 Å². The van der Waals surface area contributed by atoms with Crippen LogP contribution in [0, 0.1) is 0 Å². The average Bonchev–Trinajstić information content (AvgIpc) is 2.65. The number of phenols is 1. The largest absolute Gasteiger partial charge is 0.508 e. The summed E-state index contributed by atoms with van der Waals surface area (Å²) in [6.45, 7) is 3.73. The minimum atomic E-state index is -0.260. The molecule has 0 spiro atoms. The maximum absolute atomic E-state index is 12.7. The van der Waals surface area contributed by atoms with Crippen LogP contribution in [-0.2, 0) is 11.3 Å². The Balaban J connectivity index is 2.04. The van der Waals surface area contributed by atoms with Crippen LogP contribution in [0.15, 0.2) is 42.5 Å². The standard InChI is InChI=1S/C20H25ClN2O4/c1-3-10-23(14-15-6-4-5-7-18(15)24)20(25)22-16-8-9-19(17(21)13-16)27-12-11-26-2/h4-9,13,24H,3,10-12,14H2,1-2H3,(H,22,25). The van der Waals surface area contributed by atoms with Gasteiger partial charge in [-0.1, -0.05) is 36.7 Å². The molecule has 0 aromatic heterocycles. The molecule has 146 valence electrons. The lowest BCUT2D eigenvalue weighted by atomic mass is 10.2. The summed E-state index contributed by atoms with van der Waals surface area (Å²) in [7, 11) is 1.60. The molecule has 0 aliphatic heterocycles. The molecule has 0 aliphatic rings. The van der Waals surface area contributed by atoms with Crippen LogP contribution >= 0.6 is 11.6 Å². The first-order chi connectivity index (χ1) is 13.0. The van der Waals surface area contributed by atoms with Crippen LogP contribution in [0.4, 0.5) is 10.5 Å². The number of methoxy groups -OCH3 is 1. The molecule has 6 nitrogen and oxygen atoms in total. The molecule has 27 heavy (non-hydrogen) atoms. The van der Waals surface area contributed by atoms with Crippen molar-refractivity contribution < 1.29 is 19.4 Å². The van der Waals surface area contributed by atoms with Crippen molar-refractivity contribution in [2.24, 2.45) is 0 Å². The maximum atomic E-state index is 12.7. The fourth-order valence-corrected chi connectivity index (χ4v) is 2.74. The maximum Gasteiger partial charge on any atom is 0.322 e. The van der Waals surface area contributed by atoms with Gasteiger partial charge in [-0.05, 0) is 30.7 Å². The van der Waals surface area contributed by atoms with Gasteiger partial charge in [0.2, 0.25) is 0 Å². The third-order valence-corrected chi connectivity index (χ3v) is 4.16. The lowest BCUT2D eigenvalue weighted by Crippen LogP contribution is -2.35. The second kappa shape index (κ2) is 10.6. The number of carbonyl (C=O) groups excluding carboxylic acids is 1. The Bertz CT molecular complexity index is 755. The molecule has 2 aromatic carbocycles. The van der Waals surface area contributed by atoms with Crippen molar-refractivity contribution in [3.63, 3.8) is 0 Å². The molecule has 2 rings (SSSR count). The Morgan fingerprint density at radius 2 is 2.00 bits per heavy atom. The van der Waals surface area contributed by atoms with E-state index in [0.717, 1.165) is 6.42 Å². The summed E-state index contributed by atoms with van der Waals surface area (Å²) in [5, 5.41) is 13.2. The number of ether oxygens (including phenoxy) is 2. The molecule has 2 N–H and O–H groups in total. The number of hydrogen-bond acceptors (Lipinski definition) is 4. The number of phenolic OH excluding ortho intramolecular Hbond substituents is 1. The van der Waals surface area contributed by atoms with E-state index in [0.29, 0.717) is 48.3 Å². The Morgan fingerprint density at radius 1 is 1.22 bits per heavy atom. The van der Waals surface area contributed by atoms with Crippen molar-refractivity contribution in [1.82, 2.24) is 4.90 Å². The monoisotopic (exact) mass is 392 g/mol. The third kappa shape index (κ3) is 6.34. The zero-order valence-corrected chi connectivity index (χ0v) is 16.3.